The van der Waals surface area contributed by atoms with Gasteiger partial charge in [0.2, 0.25) is 5.95 Å². The molecule has 0 saturated carbocycles. The zero-order valence-corrected chi connectivity index (χ0v) is 18.0. The number of pyridine rings is 1. The monoisotopic (exact) mass is 452 g/mol. The Morgan fingerprint density at radius 2 is 1.71 bits per heavy atom. The molecule has 0 amide bonds. The van der Waals surface area contributed by atoms with Crippen molar-refractivity contribution in [3.63, 3.8) is 0 Å². The number of imidazole rings is 1. The summed E-state index contributed by atoms with van der Waals surface area (Å²) in [7, 11) is 0. The van der Waals surface area contributed by atoms with Crippen LogP contribution in [0.15, 0.2) is 85.5 Å². The Morgan fingerprint density at radius 1 is 0.882 bits per heavy atom. The lowest BCUT2D eigenvalue weighted by Crippen LogP contribution is -2.15. The van der Waals surface area contributed by atoms with Crippen LogP contribution in [0.2, 0.25) is 0 Å². The van der Waals surface area contributed by atoms with E-state index in [9.17, 15) is 10.1 Å². The summed E-state index contributed by atoms with van der Waals surface area (Å²) in [6, 6.07) is 21.0. The molecule has 34 heavy (non-hydrogen) atoms. The first-order chi connectivity index (χ1) is 16.7. The van der Waals surface area contributed by atoms with Crippen LogP contribution >= 0.6 is 0 Å². The summed E-state index contributed by atoms with van der Waals surface area (Å²) < 4.78 is 2.05. The molecular formula is C24H20N8O2. The summed E-state index contributed by atoms with van der Waals surface area (Å²) in [6.45, 7) is 1.10. The maximum atomic E-state index is 10.7. The first-order valence-electron chi connectivity index (χ1n) is 10.6. The smallest absolute Gasteiger partial charge is 0.287 e. The molecule has 0 radical (unpaired) electrons. The van der Waals surface area contributed by atoms with Gasteiger partial charge in [-0.3, -0.25) is 14.7 Å². The van der Waals surface area contributed by atoms with Crippen LogP contribution in [-0.2, 0) is 0 Å². The highest BCUT2D eigenvalue weighted by molar-refractivity contribution is 5.77. The molecule has 0 unspecified atom stereocenters. The van der Waals surface area contributed by atoms with E-state index in [1.165, 1.54) is 12.3 Å². The molecule has 0 fully saturated rings. The summed E-state index contributed by atoms with van der Waals surface area (Å²) in [4.78, 5) is 27.6. The van der Waals surface area contributed by atoms with E-state index in [0.717, 1.165) is 28.0 Å². The molecule has 0 saturated heterocycles. The number of nitrogens with zero attached hydrogens (tertiary/aromatic N) is 6. The molecule has 3 heterocycles. The van der Waals surface area contributed by atoms with Gasteiger partial charge in [0.05, 0.1) is 21.7 Å². The number of fused-ring (bicyclic) bond motifs is 1. The second-order valence-electron chi connectivity index (χ2n) is 7.43. The van der Waals surface area contributed by atoms with Gasteiger partial charge >= 0.3 is 0 Å². The highest BCUT2D eigenvalue weighted by Gasteiger charge is 2.07. The molecule has 168 valence electrons. The van der Waals surface area contributed by atoms with Crippen LogP contribution in [0.5, 0.6) is 0 Å². The van der Waals surface area contributed by atoms with Gasteiger partial charge in [-0.2, -0.15) is 0 Å². The molecule has 10 nitrogen and oxygen atoms in total. The average Bonchev–Trinajstić information content (AvgIpc) is 3.31. The Kier molecular flexibility index (Phi) is 5.76. The molecule has 0 aliphatic carbocycles. The first kappa shape index (κ1) is 21.0. The molecule has 0 aliphatic heterocycles. The van der Waals surface area contributed by atoms with Crippen LogP contribution in [-0.4, -0.2) is 42.5 Å². The molecule has 10 heteroatoms. The Balaban J connectivity index is 1.21. The molecule has 0 aliphatic rings. The predicted molar refractivity (Wildman–Crippen MR) is 130 cm³/mol. The summed E-state index contributed by atoms with van der Waals surface area (Å²) >= 11 is 0. The lowest BCUT2D eigenvalue weighted by Gasteiger charge is -2.09. The number of benzene rings is 2. The second-order valence-corrected chi connectivity index (χ2v) is 7.43. The zero-order chi connectivity index (χ0) is 23.3. The van der Waals surface area contributed by atoms with Gasteiger partial charge in [-0.05, 0) is 36.4 Å². The van der Waals surface area contributed by atoms with Gasteiger partial charge in [0.1, 0.15) is 18.3 Å². The van der Waals surface area contributed by atoms with Crippen LogP contribution in [0.1, 0.15) is 0 Å². The predicted octanol–water partition coefficient (Wildman–Crippen LogP) is 4.31. The summed E-state index contributed by atoms with van der Waals surface area (Å²) in [6.07, 6.45) is 4.77. The normalized spacial score (nSPS) is 10.8. The van der Waals surface area contributed by atoms with Gasteiger partial charge in [-0.1, -0.05) is 24.3 Å². The van der Waals surface area contributed by atoms with Gasteiger partial charge in [0.15, 0.2) is 0 Å². The first-order valence-corrected chi connectivity index (χ1v) is 10.6. The van der Waals surface area contributed by atoms with E-state index in [-0.39, 0.29) is 5.69 Å². The lowest BCUT2D eigenvalue weighted by atomic mass is 10.1. The molecule has 5 aromatic rings. The quantitative estimate of drug-likeness (QED) is 0.203. The SMILES string of the molecule is O=[N+]([O-])c1ccc(NCCNc2nccc(-c3ccc(-n4cnc5ccccc54)cc3)n2)nc1. The molecular weight excluding hydrogens is 432 g/mol. The fourth-order valence-electron chi connectivity index (χ4n) is 3.53. The molecule has 0 atom stereocenters. The van der Waals surface area contributed by atoms with Gasteiger partial charge in [0, 0.05) is 36.6 Å². The molecule has 0 spiro atoms. The van der Waals surface area contributed by atoms with Gasteiger partial charge in [0.25, 0.3) is 5.69 Å². The van der Waals surface area contributed by atoms with E-state index >= 15 is 0 Å². The van der Waals surface area contributed by atoms with E-state index in [4.69, 9.17) is 0 Å². The number of aromatic nitrogens is 5. The number of nitro groups is 1. The minimum absolute atomic E-state index is 0.0414. The van der Waals surface area contributed by atoms with Crippen molar-refractivity contribution in [1.29, 1.82) is 0 Å². The molecule has 2 aromatic carbocycles. The fourth-order valence-corrected chi connectivity index (χ4v) is 3.53. The van der Waals surface area contributed by atoms with Crippen molar-refractivity contribution in [3.8, 4) is 16.9 Å². The number of anilines is 2. The van der Waals surface area contributed by atoms with Gasteiger partial charge in [-0.25, -0.2) is 19.9 Å². The average molecular weight is 452 g/mol. The summed E-state index contributed by atoms with van der Waals surface area (Å²) in [5.41, 5.74) is 4.78. The zero-order valence-electron chi connectivity index (χ0n) is 18.0. The largest absolute Gasteiger partial charge is 0.368 e. The maximum Gasteiger partial charge on any atom is 0.287 e. The summed E-state index contributed by atoms with van der Waals surface area (Å²) in [5.74, 6) is 1.08. The van der Waals surface area contributed by atoms with Crippen molar-refractivity contribution < 1.29 is 4.92 Å². The maximum absolute atomic E-state index is 10.7. The Hall–Kier alpha value is -4.86. The van der Waals surface area contributed by atoms with Crippen LogP contribution in [0, 0.1) is 10.1 Å². The minimum Gasteiger partial charge on any atom is -0.368 e. The Labute approximate surface area is 194 Å². The molecule has 2 N–H and O–H groups in total. The Morgan fingerprint density at radius 3 is 2.50 bits per heavy atom. The van der Waals surface area contributed by atoms with Crippen molar-refractivity contribution >= 4 is 28.5 Å². The van der Waals surface area contributed by atoms with Crippen LogP contribution < -0.4 is 10.6 Å². The third-order valence-electron chi connectivity index (χ3n) is 5.22. The van der Waals surface area contributed by atoms with E-state index in [1.54, 1.807) is 12.3 Å². The Bertz CT molecular complexity index is 1430. The van der Waals surface area contributed by atoms with Crippen molar-refractivity contribution in [2.24, 2.45) is 0 Å². The van der Waals surface area contributed by atoms with Crippen LogP contribution in [0.25, 0.3) is 28.0 Å². The van der Waals surface area contributed by atoms with Gasteiger partial charge in [-0.15, -0.1) is 0 Å². The van der Waals surface area contributed by atoms with Crippen LogP contribution in [0.3, 0.4) is 0 Å². The molecule has 0 bridgehead atoms. The van der Waals surface area contributed by atoms with Crippen molar-refractivity contribution in [2.45, 2.75) is 0 Å². The minimum atomic E-state index is -0.476. The lowest BCUT2D eigenvalue weighted by molar-refractivity contribution is -0.385. The van der Waals surface area contributed by atoms with E-state index < -0.39 is 4.92 Å². The fraction of sp³-hybridized carbons (Fsp3) is 0.0833. The van der Waals surface area contributed by atoms with Crippen molar-refractivity contribution in [1.82, 2.24) is 24.5 Å². The molecule has 3 aromatic heterocycles. The number of rotatable bonds is 8. The van der Waals surface area contributed by atoms with Crippen molar-refractivity contribution in [2.75, 3.05) is 23.7 Å². The highest BCUT2D eigenvalue weighted by Crippen LogP contribution is 2.22. The molecule has 5 rings (SSSR count). The third kappa shape index (κ3) is 4.51. The number of nitrogens with one attached hydrogen (secondary N) is 2. The van der Waals surface area contributed by atoms with Gasteiger partial charge < -0.3 is 10.6 Å². The topological polar surface area (TPSA) is 124 Å². The number of hydrogen-bond acceptors (Lipinski definition) is 8. The second kappa shape index (κ2) is 9.33. The van der Waals surface area contributed by atoms with Crippen molar-refractivity contribution in [3.05, 3.63) is 95.6 Å². The third-order valence-corrected chi connectivity index (χ3v) is 5.22. The van der Waals surface area contributed by atoms with Crippen LogP contribution in [0.4, 0.5) is 17.5 Å². The highest BCUT2D eigenvalue weighted by atomic mass is 16.6. The van der Waals surface area contributed by atoms with E-state index in [1.807, 2.05) is 60.9 Å². The number of para-hydroxylation sites is 2. The standard InChI is InChI=1S/C24H20N8O2/c33-32(34)19-9-10-23(28-15-19)25-13-14-27-24-26-12-11-20(30-24)17-5-7-18(8-6-17)31-16-29-21-3-1-2-4-22(21)31/h1-12,15-16H,13-14H2,(H,25,28)(H,26,27,30). The van der Waals surface area contributed by atoms with E-state index in [0.29, 0.717) is 24.9 Å². The summed E-state index contributed by atoms with van der Waals surface area (Å²) in [5, 5.41) is 17.0. The van der Waals surface area contributed by atoms with E-state index in [2.05, 4.69) is 35.1 Å². The number of hydrogen-bond donors (Lipinski definition) is 2.